The number of esters is 1. The molecule has 0 aromatic heterocycles. The van der Waals surface area contributed by atoms with Crippen LogP contribution in [0.3, 0.4) is 0 Å². The molecule has 1 aliphatic rings. The molecule has 2 aromatic rings. The van der Waals surface area contributed by atoms with Crippen LogP contribution in [0, 0.1) is 11.8 Å². The van der Waals surface area contributed by atoms with Gasteiger partial charge >= 0.3 is 5.97 Å². The van der Waals surface area contributed by atoms with Gasteiger partial charge < -0.3 is 14.2 Å². The van der Waals surface area contributed by atoms with Gasteiger partial charge in [0.2, 0.25) is 0 Å². The first-order valence-electron chi connectivity index (χ1n) is 15.4. The maximum Gasteiger partial charge on any atom is 0.343 e. The SMILES string of the molecule is CCCCCCCCCCCCC1COC(c2ccc(C(=O)Oc3ccc(OCC(C)CC)cc3)cc2)SC1. The summed E-state index contributed by atoms with van der Waals surface area (Å²) in [7, 11) is 0. The Balaban J connectivity index is 1.31. The van der Waals surface area contributed by atoms with Crippen LogP contribution in [0.5, 0.6) is 11.5 Å². The molecule has 1 aliphatic heterocycles. The van der Waals surface area contributed by atoms with E-state index >= 15 is 0 Å². The Morgan fingerprint density at radius 2 is 1.49 bits per heavy atom. The summed E-state index contributed by atoms with van der Waals surface area (Å²) in [6.45, 7) is 8.11. The van der Waals surface area contributed by atoms with E-state index in [0.29, 0.717) is 29.8 Å². The number of carbonyl (C=O) groups excluding carboxylic acids is 1. The molecular weight excluding hydrogens is 504 g/mol. The van der Waals surface area contributed by atoms with Crippen molar-refractivity contribution in [1.29, 1.82) is 0 Å². The number of unbranched alkanes of at least 4 members (excludes halogenated alkanes) is 9. The van der Waals surface area contributed by atoms with Gasteiger partial charge in [-0.2, -0.15) is 0 Å². The third-order valence-electron chi connectivity index (χ3n) is 7.62. The molecule has 2 aromatic carbocycles. The smallest absolute Gasteiger partial charge is 0.343 e. The Kier molecular flexibility index (Phi) is 14.9. The van der Waals surface area contributed by atoms with E-state index in [1.165, 1.54) is 70.6 Å². The molecule has 4 nitrogen and oxygen atoms in total. The highest BCUT2D eigenvalue weighted by molar-refractivity contribution is 7.99. The van der Waals surface area contributed by atoms with Crippen molar-refractivity contribution >= 4 is 17.7 Å². The number of hydrogen-bond acceptors (Lipinski definition) is 5. The first-order chi connectivity index (χ1) is 19.1. The van der Waals surface area contributed by atoms with Crippen molar-refractivity contribution in [3.8, 4) is 11.5 Å². The minimum atomic E-state index is -0.358. The highest BCUT2D eigenvalue weighted by atomic mass is 32.2. The second-order valence-electron chi connectivity index (χ2n) is 11.1. The van der Waals surface area contributed by atoms with Gasteiger partial charge in [0.25, 0.3) is 0 Å². The van der Waals surface area contributed by atoms with Gasteiger partial charge in [-0.15, -0.1) is 11.8 Å². The molecule has 1 saturated heterocycles. The molecule has 0 bridgehead atoms. The number of benzene rings is 2. The lowest BCUT2D eigenvalue weighted by atomic mass is 10.0. The maximum absolute atomic E-state index is 12.6. The van der Waals surface area contributed by atoms with E-state index in [1.807, 2.05) is 48.2 Å². The van der Waals surface area contributed by atoms with Gasteiger partial charge in [-0.1, -0.05) is 104 Å². The average molecular weight is 555 g/mol. The zero-order chi connectivity index (χ0) is 27.7. The van der Waals surface area contributed by atoms with Crippen molar-refractivity contribution in [3.63, 3.8) is 0 Å². The van der Waals surface area contributed by atoms with Crippen molar-refractivity contribution in [2.75, 3.05) is 19.0 Å². The number of ether oxygens (including phenoxy) is 3. The molecule has 3 rings (SSSR count). The molecule has 0 saturated carbocycles. The Bertz CT molecular complexity index is 919. The van der Waals surface area contributed by atoms with Gasteiger partial charge in [0.15, 0.2) is 0 Å². The Morgan fingerprint density at radius 3 is 2.08 bits per heavy atom. The fraction of sp³-hybridized carbons (Fsp3) is 0.618. The molecule has 216 valence electrons. The third-order valence-corrected chi connectivity index (χ3v) is 8.99. The van der Waals surface area contributed by atoms with E-state index in [2.05, 4.69) is 20.8 Å². The van der Waals surface area contributed by atoms with Gasteiger partial charge in [-0.25, -0.2) is 4.79 Å². The van der Waals surface area contributed by atoms with Gasteiger partial charge in [0.1, 0.15) is 16.9 Å². The number of carbonyl (C=O) groups is 1. The van der Waals surface area contributed by atoms with Crippen LogP contribution in [0.15, 0.2) is 48.5 Å². The minimum absolute atomic E-state index is 0.0435. The molecular formula is C34H50O4S. The lowest BCUT2D eigenvalue weighted by Gasteiger charge is -2.29. The molecule has 0 radical (unpaired) electrons. The minimum Gasteiger partial charge on any atom is -0.493 e. The molecule has 0 spiro atoms. The summed E-state index contributed by atoms with van der Waals surface area (Å²) in [6, 6.07) is 14.9. The Hall–Kier alpha value is -1.98. The van der Waals surface area contributed by atoms with Crippen LogP contribution in [0.1, 0.15) is 119 Å². The van der Waals surface area contributed by atoms with E-state index in [1.54, 1.807) is 12.1 Å². The molecule has 0 aliphatic carbocycles. The van der Waals surface area contributed by atoms with Crippen molar-refractivity contribution < 1.29 is 19.0 Å². The Morgan fingerprint density at radius 1 is 0.872 bits per heavy atom. The van der Waals surface area contributed by atoms with Crippen molar-refractivity contribution in [1.82, 2.24) is 0 Å². The molecule has 5 heteroatoms. The standard InChI is InChI=1S/C34H50O4S/c1-4-6-7-8-9-10-11-12-13-14-15-28-25-37-34(39-26-28)30-18-16-29(17-19-30)33(35)38-32-22-20-31(21-23-32)36-24-27(3)5-2/h16-23,27-28,34H,4-15,24-26H2,1-3H3. The van der Waals surface area contributed by atoms with E-state index in [9.17, 15) is 4.79 Å². The predicted octanol–water partition coefficient (Wildman–Crippen LogP) is 10.0. The van der Waals surface area contributed by atoms with Crippen LogP contribution >= 0.6 is 11.8 Å². The molecule has 1 heterocycles. The summed E-state index contributed by atoms with van der Waals surface area (Å²) in [4.78, 5) is 12.6. The predicted molar refractivity (Wildman–Crippen MR) is 164 cm³/mol. The lowest BCUT2D eigenvalue weighted by molar-refractivity contribution is 0.0721. The van der Waals surface area contributed by atoms with E-state index in [0.717, 1.165) is 30.1 Å². The topological polar surface area (TPSA) is 44.8 Å². The van der Waals surface area contributed by atoms with Crippen LogP contribution < -0.4 is 9.47 Å². The molecule has 0 amide bonds. The van der Waals surface area contributed by atoms with Crippen LogP contribution in [0.2, 0.25) is 0 Å². The summed E-state index contributed by atoms with van der Waals surface area (Å²) in [5, 5.41) is 0. The highest BCUT2D eigenvalue weighted by Gasteiger charge is 2.23. The van der Waals surface area contributed by atoms with Crippen LogP contribution in [-0.2, 0) is 4.74 Å². The van der Waals surface area contributed by atoms with Crippen molar-refractivity contribution in [2.45, 2.75) is 103 Å². The third kappa shape index (κ3) is 12.0. The molecule has 1 fully saturated rings. The zero-order valence-electron chi connectivity index (χ0n) is 24.5. The van der Waals surface area contributed by atoms with Gasteiger partial charge in [-0.05, 0) is 60.2 Å². The summed E-state index contributed by atoms with van der Waals surface area (Å²) in [6.07, 6.45) is 16.2. The molecule has 39 heavy (non-hydrogen) atoms. The second-order valence-corrected chi connectivity index (χ2v) is 12.2. The maximum atomic E-state index is 12.6. The first-order valence-corrected chi connectivity index (χ1v) is 16.4. The van der Waals surface area contributed by atoms with Gasteiger partial charge in [0.05, 0.1) is 18.8 Å². The number of thioether (sulfide) groups is 1. The quantitative estimate of drug-likeness (QED) is 0.104. The van der Waals surface area contributed by atoms with Crippen molar-refractivity contribution in [3.05, 3.63) is 59.7 Å². The average Bonchev–Trinajstić information content (AvgIpc) is 2.98. The lowest BCUT2D eigenvalue weighted by Crippen LogP contribution is -2.21. The number of rotatable bonds is 18. The first kappa shape index (κ1) is 31.5. The van der Waals surface area contributed by atoms with Crippen LogP contribution in [0.25, 0.3) is 0 Å². The summed E-state index contributed by atoms with van der Waals surface area (Å²) >= 11 is 1.88. The van der Waals surface area contributed by atoms with E-state index < -0.39 is 0 Å². The number of hydrogen-bond donors (Lipinski definition) is 0. The van der Waals surface area contributed by atoms with Crippen molar-refractivity contribution in [2.24, 2.45) is 11.8 Å². The highest BCUT2D eigenvalue weighted by Crippen LogP contribution is 2.37. The fourth-order valence-electron chi connectivity index (χ4n) is 4.73. The molecule has 0 N–H and O–H groups in total. The normalized spacial score (nSPS) is 18.0. The molecule has 3 unspecified atom stereocenters. The second kappa shape index (κ2) is 18.4. The van der Waals surface area contributed by atoms with Gasteiger partial charge in [0, 0.05) is 5.75 Å². The summed E-state index contributed by atoms with van der Waals surface area (Å²) in [5.74, 6) is 3.25. The summed E-state index contributed by atoms with van der Waals surface area (Å²) in [5.41, 5.74) is 1.69. The van der Waals surface area contributed by atoms with E-state index in [-0.39, 0.29) is 11.4 Å². The fourth-order valence-corrected chi connectivity index (χ4v) is 5.96. The summed E-state index contributed by atoms with van der Waals surface area (Å²) < 4.78 is 17.5. The van der Waals surface area contributed by atoms with Crippen LogP contribution in [0.4, 0.5) is 0 Å². The Labute approximate surface area is 241 Å². The zero-order valence-corrected chi connectivity index (χ0v) is 25.3. The monoisotopic (exact) mass is 554 g/mol. The molecule has 3 atom stereocenters. The van der Waals surface area contributed by atoms with Crippen LogP contribution in [-0.4, -0.2) is 24.9 Å². The van der Waals surface area contributed by atoms with E-state index in [4.69, 9.17) is 14.2 Å². The van der Waals surface area contributed by atoms with Gasteiger partial charge in [-0.3, -0.25) is 0 Å². The largest absolute Gasteiger partial charge is 0.493 e.